The molecule has 0 bridgehead atoms. The Morgan fingerprint density at radius 2 is 2.04 bits per heavy atom. The number of amides is 2. The summed E-state index contributed by atoms with van der Waals surface area (Å²) in [6.07, 6.45) is 5.82. The normalized spacial score (nSPS) is 13.0. The summed E-state index contributed by atoms with van der Waals surface area (Å²) in [7, 11) is 1.33. The summed E-state index contributed by atoms with van der Waals surface area (Å²) in [5.41, 5.74) is 0.0677. The van der Waals surface area contributed by atoms with Gasteiger partial charge in [-0.2, -0.15) is 11.8 Å². The van der Waals surface area contributed by atoms with Crippen LogP contribution in [0.2, 0.25) is 0 Å². The van der Waals surface area contributed by atoms with Crippen molar-refractivity contribution in [1.82, 2.24) is 20.6 Å². The van der Waals surface area contributed by atoms with Gasteiger partial charge < -0.3 is 20.5 Å². The third-order valence-electron chi connectivity index (χ3n) is 2.70. The van der Waals surface area contributed by atoms with Crippen LogP contribution < -0.4 is 10.6 Å². The van der Waals surface area contributed by atoms with E-state index in [0.29, 0.717) is 0 Å². The Labute approximate surface area is 137 Å². The number of carbonyl (C=O) groups excluding carboxylic acids is 2. The SMILES string of the molecule is COC[C@H](NC(=O)[C@@H](CSC)NC(=O)c1cnccn1)C(=O)O. The van der Waals surface area contributed by atoms with Gasteiger partial charge in [-0.3, -0.25) is 14.6 Å². The van der Waals surface area contributed by atoms with Gasteiger partial charge in [-0.25, -0.2) is 9.78 Å². The lowest BCUT2D eigenvalue weighted by Gasteiger charge is -2.20. The van der Waals surface area contributed by atoms with Crippen molar-refractivity contribution in [3.8, 4) is 0 Å². The molecule has 0 fully saturated rings. The molecule has 2 atom stereocenters. The van der Waals surface area contributed by atoms with E-state index < -0.39 is 29.9 Å². The van der Waals surface area contributed by atoms with Gasteiger partial charge in [-0.05, 0) is 6.26 Å². The lowest BCUT2D eigenvalue weighted by Crippen LogP contribution is -2.54. The third-order valence-corrected chi connectivity index (χ3v) is 3.37. The van der Waals surface area contributed by atoms with Crippen LogP contribution in [0.5, 0.6) is 0 Å². The fourth-order valence-corrected chi connectivity index (χ4v) is 2.18. The van der Waals surface area contributed by atoms with Gasteiger partial charge in [-0.1, -0.05) is 0 Å². The molecule has 0 unspecified atom stereocenters. The Balaban J connectivity index is 2.74. The molecule has 1 heterocycles. The highest BCUT2D eigenvalue weighted by Gasteiger charge is 2.26. The molecule has 1 aromatic rings. The van der Waals surface area contributed by atoms with Crippen LogP contribution in [0.3, 0.4) is 0 Å². The number of rotatable bonds is 9. The topological polar surface area (TPSA) is 131 Å². The largest absolute Gasteiger partial charge is 0.480 e. The monoisotopic (exact) mass is 342 g/mol. The number of carbonyl (C=O) groups is 3. The van der Waals surface area contributed by atoms with Gasteiger partial charge in [0.05, 0.1) is 12.8 Å². The number of ether oxygens (including phenoxy) is 1. The van der Waals surface area contributed by atoms with Crippen LogP contribution in [0.1, 0.15) is 10.5 Å². The Hall–Kier alpha value is -2.20. The molecule has 126 valence electrons. The van der Waals surface area contributed by atoms with E-state index in [4.69, 9.17) is 9.84 Å². The Bertz CT molecular complexity index is 542. The minimum Gasteiger partial charge on any atom is -0.480 e. The first kappa shape index (κ1) is 18.8. The molecule has 1 rings (SSSR count). The molecule has 23 heavy (non-hydrogen) atoms. The first-order valence-electron chi connectivity index (χ1n) is 6.57. The highest BCUT2D eigenvalue weighted by Crippen LogP contribution is 2.01. The van der Waals surface area contributed by atoms with Crippen LogP contribution in [0, 0.1) is 0 Å². The number of nitrogens with zero attached hydrogens (tertiary/aromatic N) is 2. The maximum absolute atomic E-state index is 12.2. The summed E-state index contributed by atoms with van der Waals surface area (Å²) >= 11 is 1.33. The summed E-state index contributed by atoms with van der Waals surface area (Å²) in [5, 5.41) is 13.9. The zero-order valence-electron chi connectivity index (χ0n) is 12.7. The van der Waals surface area contributed by atoms with E-state index in [1.807, 2.05) is 0 Å². The van der Waals surface area contributed by atoms with Crippen LogP contribution >= 0.6 is 11.8 Å². The molecule has 0 radical (unpaired) electrons. The Morgan fingerprint density at radius 1 is 1.30 bits per heavy atom. The van der Waals surface area contributed by atoms with Crippen LogP contribution in [-0.2, 0) is 14.3 Å². The number of thioether (sulfide) groups is 1. The fraction of sp³-hybridized carbons (Fsp3) is 0.462. The minimum absolute atomic E-state index is 0.0677. The minimum atomic E-state index is -1.22. The lowest BCUT2D eigenvalue weighted by atomic mass is 10.2. The van der Waals surface area contributed by atoms with Gasteiger partial charge in [-0.15, -0.1) is 0 Å². The summed E-state index contributed by atoms with van der Waals surface area (Å²) in [6.45, 7) is -0.175. The van der Waals surface area contributed by atoms with E-state index in [2.05, 4.69) is 20.6 Å². The van der Waals surface area contributed by atoms with E-state index in [9.17, 15) is 14.4 Å². The van der Waals surface area contributed by atoms with E-state index in [1.54, 1.807) is 6.26 Å². The van der Waals surface area contributed by atoms with Gasteiger partial charge in [0, 0.05) is 25.3 Å². The molecule has 3 N–H and O–H groups in total. The smallest absolute Gasteiger partial charge is 0.328 e. The number of aliphatic carboxylic acids is 1. The second-order valence-electron chi connectivity index (χ2n) is 4.43. The first-order chi connectivity index (χ1) is 11.0. The van der Waals surface area contributed by atoms with Crippen LogP contribution in [0.4, 0.5) is 0 Å². The standard InChI is InChI=1S/C13H18N4O5S/c1-22-6-9(13(20)21)16-12(19)10(7-23-2)17-11(18)8-5-14-3-4-15-8/h3-5,9-10H,6-7H2,1-2H3,(H,16,19)(H,17,18)(H,20,21)/t9-,10+/m0/s1. The van der Waals surface area contributed by atoms with Gasteiger partial charge in [0.15, 0.2) is 6.04 Å². The molecular formula is C13H18N4O5S. The average Bonchev–Trinajstić information content (AvgIpc) is 2.54. The number of hydrogen-bond donors (Lipinski definition) is 3. The van der Waals surface area contributed by atoms with Crippen molar-refractivity contribution >= 4 is 29.5 Å². The molecule has 0 aliphatic heterocycles. The number of aromatic nitrogens is 2. The van der Waals surface area contributed by atoms with Gasteiger partial charge in [0.1, 0.15) is 11.7 Å². The average molecular weight is 342 g/mol. The first-order valence-corrected chi connectivity index (χ1v) is 7.97. The van der Waals surface area contributed by atoms with Crippen LogP contribution in [0.15, 0.2) is 18.6 Å². The van der Waals surface area contributed by atoms with Gasteiger partial charge >= 0.3 is 5.97 Å². The maximum Gasteiger partial charge on any atom is 0.328 e. The van der Waals surface area contributed by atoms with Crippen molar-refractivity contribution in [3.63, 3.8) is 0 Å². The molecule has 0 aromatic carbocycles. The molecular weight excluding hydrogens is 324 g/mol. The van der Waals surface area contributed by atoms with E-state index in [1.165, 1.54) is 37.5 Å². The van der Waals surface area contributed by atoms with E-state index >= 15 is 0 Å². The second kappa shape index (κ2) is 9.74. The predicted molar refractivity (Wildman–Crippen MR) is 83.1 cm³/mol. The van der Waals surface area contributed by atoms with Gasteiger partial charge in [0.2, 0.25) is 5.91 Å². The van der Waals surface area contributed by atoms with Crippen molar-refractivity contribution < 1.29 is 24.2 Å². The number of carboxylic acids is 1. The molecule has 10 heteroatoms. The third kappa shape index (κ3) is 6.20. The zero-order valence-corrected chi connectivity index (χ0v) is 13.5. The summed E-state index contributed by atoms with van der Waals surface area (Å²) in [4.78, 5) is 42.9. The fourth-order valence-electron chi connectivity index (χ4n) is 1.61. The van der Waals surface area contributed by atoms with Crippen molar-refractivity contribution in [2.75, 3.05) is 25.7 Å². The molecule has 0 spiro atoms. The van der Waals surface area contributed by atoms with Crippen molar-refractivity contribution in [2.24, 2.45) is 0 Å². The maximum atomic E-state index is 12.2. The second-order valence-corrected chi connectivity index (χ2v) is 5.34. The van der Waals surface area contributed by atoms with E-state index in [0.717, 1.165) is 0 Å². The summed E-state index contributed by atoms with van der Waals surface area (Å²) in [6, 6.07) is -2.09. The van der Waals surface area contributed by atoms with Gasteiger partial charge in [0.25, 0.3) is 5.91 Å². The van der Waals surface area contributed by atoms with Crippen LogP contribution in [-0.4, -0.2) is 70.7 Å². The quantitative estimate of drug-likeness (QED) is 0.529. The molecule has 1 aromatic heterocycles. The van der Waals surface area contributed by atoms with Crippen molar-refractivity contribution in [3.05, 3.63) is 24.3 Å². The van der Waals surface area contributed by atoms with Crippen molar-refractivity contribution in [1.29, 1.82) is 0 Å². The lowest BCUT2D eigenvalue weighted by molar-refractivity contribution is -0.143. The highest BCUT2D eigenvalue weighted by molar-refractivity contribution is 7.98. The summed E-state index contributed by atoms with van der Waals surface area (Å²) in [5.74, 6) is -2.12. The summed E-state index contributed by atoms with van der Waals surface area (Å²) < 4.78 is 4.75. The van der Waals surface area contributed by atoms with E-state index in [-0.39, 0.29) is 18.1 Å². The molecule has 0 saturated carbocycles. The number of carboxylic acid groups (broad SMARTS) is 1. The Kier molecular flexibility index (Phi) is 7.98. The number of nitrogens with one attached hydrogen (secondary N) is 2. The number of hydrogen-bond acceptors (Lipinski definition) is 7. The predicted octanol–water partition coefficient (Wildman–Crippen LogP) is -0.846. The Morgan fingerprint density at radius 3 is 2.57 bits per heavy atom. The molecule has 2 amide bonds. The van der Waals surface area contributed by atoms with Crippen molar-refractivity contribution in [2.45, 2.75) is 12.1 Å². The zero-order chi connectivity index (χ0) is 17.2. The molecule has 0 saturated heterocycles. The van der Waals surface area contributed by atoms with Crippen LogP contribution in [0.25, 0.3) is 0 Å². The molecule has 0 aliphatic rings. The number of methoxy groups -OCH3 is 1. The molecule has 9 nitrogen and oxygen atoms in total. The highest BCUT2D eigenvalue weighted by atomic mass is 32.2. The molecule has 0 aliphatic carbocycles.